The van der Waals surface area contributed by atoms with Gasteiger partial charge in [-0.15, -0.1) is 0 Å². The number of epoxide rings is 1. The molecule has 0 aromatic rings. The minimum absolute atomic E-state index is 0.530. The predicted octanol–water partition coefficient (Wildman–Crippen LogP) is 1.96. The molecule has 1 saturated heterocycles. The number of ether oxygens (including phenoxy) is 1. The Bertz CT molecular complexity index is 204. The van der Waals surface area contributed by atoms with Crippen molar-refractivity contribution in [3.8, 4) is 0 Å². The van der Waals surface area contributed by atoms with E-state index in [1.807, 2.05) is 0 Å². The molecule has 0 saturated carbocycles. The van der Waals surface area contributed by atoms with E-state index in [1.165, 1.54) is 25.0 Å². The van der Waals surface area contributed by atoms with E-state index < -0.39 is 0 Å². The second kappa shape index (κ2) is 3.85. The van der Waals surface area contributed by atoms with E-state index in [1.54, 1.807) is 0 Å². The molecule has 1 unspecified atom stereocenters. The van der Waals surface area contributed by atoms with E-state index in [0.29, 0.717) is 6.10 Å². The number of aliphatic imine (C=N–C) groups is 1. The Hall–Kier alpha value is -0.630. The van der Waals surface area contributed by atoms with Crippen LogP contribution in [-0.4, -0.2) is 25.0 Å². The summed E-state index contributed by atoms with van der Waals surface area (Å²) in [7, 11) is 0. The fourth-order valence-electron chi connectivity index (χ4n) is 1.42. The van der Waals surface area contributed by atoms with Crippen LogP contribution in [0.1, 0.15) is 25.7 Å². The molecule has 0 bridgehead atoms. The van der Waals surface area contributed by atoms with Crippen molar-refractivity contribution in [2.45, 2.75) is 31.8 Å². The van der Waals surface area contributed by atoms with E-state index in [9.17, 15) is 0 Å². The van der Waals surface area contributed by atoms with Crippen LogP contribution in [0.4, 0.5) is 0 Å². The summed E-state index contributed by atoms with van der Waals surface area (Å²) in [5, 5.41) is 0. The molecular weight excluding hydrogens is 150 g/mol. The number of hydrogen-bond acceptors (Lipinski definition) is 2. The Labute approximate surface area is 73.3 Å². The number of hydrogen-bond donors (Lipinski definition) is 0. The van der Waals surface area contributed by atoms with Gasteiger partial charge < -0.3 is 4.74 Å². The first-order chi connectivity index (χ1) is 5.95. The molecule has 2 aliphatic rings. The van der Waals surface area contributed by atoms with Gasteiger partial charge in [-0.3, -0.25) is 4.99 Å². The molecule has 2 nitrogen and oxygen atoms in total. The Balaban J connectivity index is 1.73. The van der Waals surface area contributed by atoms with Crippen LogP contribution in [0.2, 0.25) is 0 Å². The maximum Gasteiger partial charge on any atom is 0.0827 e. The van der Waals surface area contributed by atoms with Gasteiger partial charge in [-0.1, -0.05) is 6.08 Å². The molecule has 0 amide bonds. The molecule has 0 aromatic carbocycles. The Morgan fingerprint density at radius 3 is 3.17 bits per heavy atom. The van der Waals surface area contributed by atoms with Crippen molar-refractivity contribution in [1.29, 1.82) is 0 Å². The van der Waals surface area contributed by atoms with Crippen LogP contribution >= 0.6 is 0 Å². The average molecular weight is 165 g/mol. The van der Waals surface area contributed by atoms with E-state index >= 15 is 0 Å². The summed E-state index contributed by atoms with van der Waals surface area (Å²) < 4.78 is 5.11. The summed E-state index contributed by atoms with van der Waals surface area (Å²) >= 11 is 0. The monoisotopic (exact) mass is 165 g/mol. The van der Waals surface area contributed by atoms with Crippen LogP contribution in [-0.2, 0) is 4.74 Å². The molecule has 12 heavy (non-hydrogen) atoms. The van der Waals surface area contributed by atoms with Gasteiger partial charge in [-0.05, 0) is 31.8 Å². The first kappa shape index (κ1) is 7.99. The van der Waals surface area contributed by atoms with Gasteiger partial charge in [0.05, 0.1) is 12.7 Å². The third-order valence-corrected chi connectivity index (χ3v) is 2.28. The van der Waals surface area contributed by atoms with Gasteiger partial charge in [0.15, 0.2) is 0 Å². The van der Waals surface area contributed by atoms with Crippen molar-refractivity contribution in [2.75, 3.05) is 13.2 Å². The van der Waals surface area contributed by atoms with Crippen molar-refractivity contribution >= 4 is 5.71 Å². The van der Waals surface area contributed by atoms with Gasteiger partial charge in [-0.2, -0.15) is 0 Å². The van der Waals surface area contributed by atoms with Gasteiger partial charge in [0.1, 0.15) is 0 Å². The number of allylic oxidation sites excluding steroid dienone is 2. The molecule has 0 aromatic heterocycles. The van der Waals surface area contributed by atoms with Crippen LogP contribution in [0.3, 0.4) is 0 Å². The zero-order chi connectivity index (χ0) is 8.23. The Kier molecular flexibility index (Phi) is 2.57. The van der Waals surface area contributed by atoms with Crippen LogP contribution in [0.5, 0.6) is 0 Å². The normalized spacial score (nSPS) is 31.0. The van der Waals surface area contributed by atoms with Crippen LogP contribution in [0, 0.1) is 0 Å². The molecule has 1 heterocycles. The maximum absolute atomic E-state index is 5.11. The highest BCUT2D eigenvalue weighted by atomic mass is 16.6. The van der Waals surface area contributed by atoms with Gasteiger partial charge in [-0.25, -0.2) is 0 Å². The third kappa shape index (κ3) is 2.45. The van der Waals surface area contributed by atoms with Crippen LogP contribution in [0.25, 0.3) is 0 Å². The standard InChI is InChI=1S/C10H15NO/c1-2-4-9(5-3-1)11-7-6-10-8-12-10/h2,4,10H,1,3,5-8H2. The summed E-state index contributed by atoms with van der Waals surface area (Å²) in [6.45, 7) is 1.91. The molecule has 1 aliphatic heterocycles. The lowest BCUT2D eigenvalue weighted by molar-refractivity contribution is 0.399. The summed E-state index contributed by atoms with van der Waals surface area (Å²) in [5.41, 5.74) is 1.28. The summed E-state index contributed by atoms with van der Waals surface area (Å²) in [6.07, 6.45) is 9.69. The molecule has 0 radical (unpaired) electrons. The highest BCUT2D eigenvalue weighted by Gasteiger charge is 2.21. The summed E-state index contributed by atoms with van der Waals surface area (Å²) in [5.74, 6) is 0. The highest BCUT2D eigenvalue weighted by Crippen LogP contribution is 2.13. The topological polar surface area (TPSA) is 24.9 Å². The molecule has 2 heteroatoms. The maximum atomic E-state index is 5.11. The zero-order valence-corrected chi connectivity index (χ0v) is 7.33. The lowest BCUT2D eigenvalue weighted by Gasteiger charge is -2.05. The van der Waals surface area contributed by atoms with Gasteiger partial charge >= 0.3 is 0 Å². The Morgan fingerprint density at radius 2 is 2.50 bits per heavy atom. The molecule has 0 spiro atoms. The molecule has 0 N–H and O–H groups in total. The number of rotatable bonds is 3. The Morgan fingerprint density at radius 1 is 1.58 bits per heavy atom. The zero-order valence-electron chi connectivity index (χ0n) is 7.33. The molecule has 66 valence electrons. The first-order valence-electron chi connectivity index (χ1n) is 4.76. The second-order valence-corrected chi connectivity index (χ2v) is 3.41. The third-order valence-electron chi connectivity index (χ3n) is 2.28. The fraction of sp³-hybridized carbons (Fsp3) is 0.700. The average Bonchev–Trinajstić information content (AvgIpc) is 2.90. The van der Waals surface area contributed by atoms with Gasteiger partial charge in [0.2, 0.25) is 0 Å². The molecule has 1 aliphatic carbocycles. The lowest BCUT2D eigenvalue weighted by Crippen LogP contribution is -2.00. The molecule has 1 fully saturated rings. The smallest absolute Gasteiger partial charge is 0.0827 e. The highest BCUT2D eigenvalue weighted by molar-refractivity contribution is 5.95. The molecule has 1 atom stereocenters. The van der Waals surface area contributed by atoms with E-state index in [0.717, 1.165) is 19.6 Å². The van der Waals surface area contributed by atoms with Gasteiger partial charge in [0, 0.05) is 12.3 Å². The van der Waals surface area contributed by atoms with Crippen molar-refractivity contribution in [2.24, 2.45) is 4.99 Å². The van der Waals surface area contributed by atoms with E-state index in [-0.39, 0.29) is 0 Å². The van der Waals surface area contributed by atoms with Crippen LogP contribution in [0.15, 0.2) is 17.1 Å². The van der Waals surface area contributed by atoms with Crippen molar-refractivity contribution in [3.63, 3.8) is 0 Å². The minimum Gasteiger partial charge on any atom is -0.373 e. The quantitative estimate of drug-likeness (QED) is 0.587. The van der Waals surface area contributed by atoms with Crippen LogP contribution < -0.4 is 0 Å². The summed E-state index contributed by atoms with van der Waals surface area (Å²) in [6, 6.07) is 0. The minimum atomic E-state index is 0.530. The number of nitrogens with zero attached hydrogens (tertiary/aromatic N) is 1. The molecular formula is C10H15NO. The first-order valence-corrected chi connectivity index (χ1v) is 4.76. The fourth-order valence-corrected chi connectivity index (χ4v) is 1.42. The SMILES string of the molecule is C1=CC(=NCCC2CO2)CCC1. The second-order valence-electron chi connectivity index (χ2n) is 3.41. The van der Waals surface area contributed by atoms with Crippen molar-refractivity contribution in [3.05, 3.63) is 12.2 Å². The van der Waals surface area contributed by atoms with Crippen molar-refractivity contribution in [1.82, 2.24) is 0 Å². The molecule has 2 rings (SSSR count). The van der Waals surface area contributed by atoms with E-state index in [2.05, 4.69) is 17.1 Å². The van der Waals surface area contributed by atoms with Crippen molar-refractivity contribution < 1.29 is 4.74 Å². The van der Waals surface area contributed by atoms with E-state index in [4.69, 9.17) is 4.74 Å². The summed E-state index contributed by atoms with van der Waals surface area (Å²) in [4.78, 5) is 4.51. The lowest BCUT2D eigenvalue weighted by atomic mass is 10.1. The predicted molar refractivity (Wildman–Crippen MR) is 49.7 cm³/mol. The largest absolute Gasteiger partial charge is 0.373 e. The van der Waals surface area contributed by atoms with Gasteiger partial charge in [0.25, 0.3) is 0 Å².